The number of imidazole rings is 1. The van der Waals surface area contributed by atoms with Crippen LogP contribution in [0.2, 0.25) is 5.02 Å². The van der Waals surface area contributed by atoms with Gasteiger partial charge in [-0.05, 0) is 60.7 Å². The smallest absolute Gasteiger partial charge is 0.175 e. The summed E-state index contributed by atoms with van der Waals surface area (Å²) in [6.45, 7) is 0.305. The van der Waals surface area contributed by atoms with Crippen LogP contribution in [0.25, 0.3) is 17.1 Å². The maximum absolute atomic E-state index is 11.8. The fourth-order valence-corrected chi connectivity index (χ4v) is 3.78. The Balaban J connectivity index is 1.71. The van der Waals surface area contributed by atoms with Gasteiger partial charge in [-0.2, -0.15) is 0 Å². The third kappa shape index (κ3) is 4.56. The van der Waals surface area contributed by atoms with Gasteiger partial charge in [-0.1, -0.05) is 29.8 Å². The number of rotatable bonds is 6. The number of halogens is 1. The van der Waals surface area contributed by atoms with Crippen molar-refractivity contribution in [3.8, 4) is 22.8 Å². The quantitative estimate of drug-likeness (QED) is 0.416. The van der Waals surface area contributed by atoms with Gasteiger partial charge in [-0.3, -0.25) is 4.57 Å². The fourth-order valence-electron chi connectivity index (χ4n) is 3.03. The summed E-state index contributed by atoms with van der Waals surface area (Å²) in [6, 6.07) is 23.7. The Kier molecular flexibility index (Phi) is 5.61. The Morgan fingerprint density at radius 1 is 0.933 bits per heavy atom. The van der Waals surface area contributed by atoms with Crippen LogP contribution in [0.3, 0.4) is 0 Å². The second-order valence-electron chi connectivity index (χ2n) is 6.80. The van der Waals surface area contributed by atoms with Gasteiger partial charge in [0.05, 0.1) is 10.6 Å². The molecule has 0 unspecified atom stereocenters. The first-order valence-electron chi connectivity index (χ1n) is 9.23. The molecule has 0 bridgehead atoms. The minimum atomic E-state index is -3.26. The number of benzene rings is 3. The number of sulfone groups is 1. The van der Waals surface area contributed by atoms with Crippen LogP contribution in [0.15, 0.2) is 90.0 Å². The third-order valence-electron chi connectivity index (χ3n) is 4.53. The van der Waals surface area contributed by atoms with Crippen molar-refractivity contribution in [2.45, 2.75) is 11.5 Å². The van der Waals surface area contributed by atoms with Crippen LogP contribution < -0.4 is 4.74 Å². The molecule has 7 heteroatoms. The molecule has 4 aromatic rings. The lowest BCUT2D eigenvalue weighted by Crippen LogP contribution is -1.98. The molecule has 0 saturated carbocycles. The second-order valence-corrected chi connectivity index (χ2v) is 9.25. The molecule has 0 N–H and O–H groups in total. The van der Waals surface area contributed by atoms with Gasteiger partial charge in [0.2, 0.25) is 0 Å². The number of aromatic nitrogens is 2. The molecule has 3 aromatic carbocycles. The highest BCUT2D eigenvalue weighted by atomic mass is 35.5. The average Bonchev–Trinajstić information content (AvgIpc) is 3.17. The zero-order valence-corrected chi connectivity index (χ0v) is 17.8. The summed E-state index contributed by atoms with van der Waals surface area (Å²) < 4.78 is 31.3. The largest absolute Gasteiger partial charge is 0.487 e. The standard InChI is InChI=1S/C23H19ClN2O3S/c1-30(27,28)22-13-7-17(8-14-22)23-25-19(16-29-21-5-3-2-4-6-21)15-26(23)20-11-9-18(24)10-12-20/h2-15H,16H2,1H3. The lowest BCUT2D eigenvalue weighted by molar-refractivity contribution is 0.302. The van der Waals surface area contributed by atoms with Crippen molar-refractivity contribution in [2.75, 3.05) is 6.26 Å². The van der Waals surface area contributed by atoms with Gasteiger partial charge >= 0.3 is 0 Å². The van der Waals surface area contributed by atoms with Crippen molar-refractivity contribution in [2.24, 2.45) is 0 Å². The Morgan fingerprint density at radius 3 is 2.23 bits per heavy atom. The molecule has 1 heterocycles. The summed E-state index contributed by atoms with van der Waals surface area (Å²) in [4.78, 5) is 5.01. The summed E-state index contributed by atoms with van der Waals surface area (Å²) in [5, 5.41) is 0.644. The summed E-state index contributed by atoms with van der Waals surface area (Å²) >= 11 is 6.04. The first-order chi connectivity index (χ1) is 14.4. The lowest BCUT2D eigenvalue weighted by Gasteiger charge is -2.08. The topological polar surface area (TPSA) is 61.2 Å². The molecule has 0 spiro atoms. The summed E-state index contributed by atoms with van der Waals surface area (Å²) in [6.07, 6.45) is 3.10. The zero-order chi connectivity index (χ0) is 21.1. The molecule has 0 aliphatic rings. The van der Waals surface area contributed by atoms with E-state index in [2.05, 4.69) is 0 Å². The van der Waals surface area contributed by atoms with E-state index in [1.165, 1.54) is 6.26 Å². The minimum absolute atomic E-state index is 0.267. The Labute approximate surface area is 180 Å². The van der Waals surface area contributed by atoms with Crippen molar-refractivity contribution in [3.63, 3.8) is 0 Å². The second kappa shape index (κ2) is 8.34. The lowest BCUT2D eigenvalue weighted by atomic mass is 10.2. The fraction of sp³-hybridized carbons (Fsp3) is 0.0870. The molecule has 152 valence electrons. The SMILES string of the molecule is CS(=O)(=O)c1ccc(-c2nc(COc3ccccc3)cn2-c2ccc(Cl)cc2)cc1. The molecule has 0 aliphatic carbocycles. The van der Waals surface area contributed by atoms with E-state index in [0.717, 1.165) is 22.7 Å². The molecule has 4 rings (SSSR count). The van der Waals surface area contributed by atoms with Gasteiger partial charge < -0.3 is 4.74 Å². The number of ether oxygens (including phenoxy) is 1. The molecule has 0 fully saturated rings. The number of hydrogen-bond donors (Lipinski definition) is 0. The van der Waals surface area contributed by atoms with Crippen LogP contribution in [-0.4, -0.2) is 24.2 Å². The van der Waals surface area contributed by atoms with Crippen molar-refractivity contribution < 1.29 is 13.2 Å². The van der Waals surface area contributed by atoms with E-state index in [-0.39, 0.29) is 4.90 Å². The van der Waals surface area contributed by atoms with Crippen molar-refractivity contribution in [1.82, 2.24) is 9.55 Å². The highest BCUT2D eigenvalue weighted by Crippen LogP contribution is 2.26. The first-order valence-corrected chi connectivity index (χ1v) is 11.5. The van der Waals surface area contributed by atoms with E-state index in [4.69, 9.17) is 21.3 Å². The molecule has 1 aromatic heterocycles. The molecular weight excluding hydrogens is 420 g/mol. The number of nitrogens with zero attached hydrogens (tertiary/aromatic N) is 2. The van der Waals surface area contributed by atoms with Crippen LogP contribution in [0.4, 0.5) is 0 Å². The van der Waals surface area contributed by atoms with Gasteiger partial charge in [-0.25, -0.2) is 13.4 Å². The van der Waals surface area contributed by atoms with Crippen molar-refractivity contribution in [1.29, 1.82) is 0 Å². The van der Waals surface area contributed by atoms with Crippen LogP contribution in [0.5, 0.6) is 5.75 Å². The van der Waals surface area contributed by atoms with Gasteiger partial charge in [0.1, 0.15) is 18.2 Å². The van der Waals surface area contributed by atoms with Gasteiger partial charge in [0.15, 0.2) is 9.84 Å². The molecule has 0 atom stereocenters. The van der Waals surface area contributed by atoms with Gasteiger partial charge in [0.25, 0.3) is 0 Å². The molecule has 0 amide bonds. The maximum atomic E-state index is 11.8. The van der Waals surface area contributed by atoms with E-state index in [1.54, 1.807) is 24.3 Å². The van der Waals surface area contributed by atoms with Gasteiger partial charge in [-0.15, -0.1) is 0 Å². The zero-order valence-electron chi connectivity index (χ0n) is 16.2. The first kappa shape index (κ1) is 20.2. The molecular formula is C23H19ClN2O3S. The van der Waals surface area contributed by atoms with Crippen LogP contribution >= 0.6 is 11.6 Å². The minimum Gasteiger partial charge on any atom is -0.487 e. The van der Waals surface area contributed by atoms with Gasteiger partial charge in [0, 0.05) is 28.7 Å². The normalized spacial score (nSPS) is 11.4. The summed E-state index contributed by atoms with van der Waals surface area (Å²) in [5.41, 5.74) is 2.43. The Morgan fingerprint density at radius 2 is 1.60 bits per heavy atom. The van der Waals surface area contributed by atoms with E-state index in [9.17, 15) is 8.42 Å². The average molecular weight is 439 g/mol. The van der Waals surface area contributed by atoms with E-state index in [0.29, 0.717) is 17.5 Å². The van der Waals surface area contributed by atoms with Crippen molar-refractivity contribution in [3.05, 3.63) is 95.8 Å². The molecule has 5 nitrogen and oxygen atoms in total. The van der Waals surface area contributed by atoms with Crippen LogP contribution in [0.1, 0.15) is 5.69 Å². The molecule has 0 saturated heterocycles. The molecule has 30 heavy (non-hydrogen) atoms. The third-order valence-corrected chi connectivity index (χ3v) is 5.91. The summed E-state index contributed by atoms with van der Waals surface area (Å²) in [7, 11) is -3.26. The van der Waals surface area contributed by atoms with E-state index < -0.39 is 9.84 Å². The number of hydrogen-bond acceptors (Lipinski definition) is 4. The Bertz CT molecular complexity index is 1250. The predicted molar refractivity (Wildman–Crippen MR) is 118 cm³/mol. The Hall–Kier alpha value is -3.09. The van der Waals surface area contributed by atoms with Crippen LogP contribution in [0, 0.1) is 0 Å². The number of para-hydroxylation sites is 1. The highest BCUT2D eigenvalue weighted by Gasteiger charge is 2.14. The molecule has 0 radical (unpaired) electrons. The van der Waals surface area contributed by atoms with E-state index in [1.807, 2.05) is 65.4 Å². The molecule has 0 aliphatic heterocycles. The maximum Gasteiger partial charge on any atom is 0.175 e. The van der Waals surface area contributed by atoms with E-state index >= 15 is 0 Å². The van der Waals surface area contributed by atoms with Crippen molar-refractivity contribution >= 4 is 21.4 Å². The monoisotopic (exact) mass is 438 g/mol. The van der Waals surface area contributed by atoms with Crippen LogP contribution in [-0.2, 0) is 16.4 Å². The summed E-state index contributed by atoms with van der Waals surface area (Å²) in [5.74, 6) is 1.45. The highest BCUT2D eigenvalue weighted by molar-refractivity contribution is 7.90. The predicted octanol–water partition coefficient (Wildman–Crippen LogP) is 5.18.